The zero-order chi connectivity index (χ0) is 20.6. The minimum absolute atomic E-state index is 0.172. The van der Waals surface area contributed by atoms with E-state index in [9.17, 15) is 9.59 Å². The third kappa shape index (κ3) is 3.82. The summed E-state index contributed by atoms with van der Waals surface area (Å²) < 4.78 is 1.81. The molecule has 9 heteroatoms. The van der Waals surface area contributed by atoms with Gasteiger partial charge in [-0.1, -0.05) is 12.1 Å². The summed E-state index contributed by atoms with van der Waals surface area (Å²) >= 11 is 5.32. The molecule has 1 aliphatic carbocycles. The quantitative estimate of drug-likeness (QED) is 0.499. The van der Waals surface area contributed by atoms with Crippen LogP contribution in [0.2, 0.25) is 0 Å². The molecule has 2 fully saturated rings. The molecule has 1 aliphatic heterocycles. The van der Waals surface area contributed by atoms with Crippen molar-refractivity contribution in [2.75, 3.05) is 10.2 Å². The number of hydrogen-bond acceptors (Lipinski definition) is 4. The van der Waals surface area contributed by atoms with E-state index in [4.69, 9.17) is 12.2 Å². The number of hydrogen-bond donors (Lipinski definition) is 3. The first-order chi connectivity index (χ1) is 13.9. The van der Waals surface area contributed by atoms with Crippen molar-refractivity contribution in [1.29, 1.82) is 0 Å². The van der Waals surface area contributed by atoms with E-state index in [2.05, 4.69) is 21.0 Å². The van der Waals surface area contributed by atoms with Crippen LogP contribution in [-0.2, 0) is 17.9 Å². The van der Waals surface area contributed by atoms with Crippen LogP contribution in [0.3, 0.4) is 0 Å². The molecular formula is C20H24N6O2S. The Morgan fingerprint density at radius 3 is 2.66 bits per heavy atom. The summed E-state index contributed by atoms with van der Waals surface area (Å²) in [5.41, 5.74) is 1.62. The standard InChI is InChI=1S/C20H24N6O2S/c1-3-25-12-15(11-22-25)23-18(29)21-10-13-4-8-16(9-5-13)26-17(27)20(2,14-6-7-14)24-19(26)28/h4-5,8-9,11-12,14H,3,6-7,10H2,1-2H3,(H,24,28)(H2,21,23,29). The Bertz CT molecular complexity index is 952. The highest BCUT2D eigenvalue weighted by atomic mass is 32.1. The van der Waals surface area contributed by atoms with Gasteiger partial charge < -0.3 is 16.0 Å². The number of anilines is 2. The normalized spacial score (nSPS) is 21.2. The molecule has 0 bridgehead atoms. The number of carbonyl (C=O) groups excluding carboxylic acids is 2. The number of aryl methyl sites for hydroxylation is 1. The summed E-state index contributed by atoms with van der Waals surface area (Å²) in [6.45, 7) is 5.16. The molecule has 1 aromatic carbocycles. The van der Waals surface area contributed by atoms with Crippen LogP contribution < -0.4 is 20.9 Å². The number of amides is 3. The lowest BCUT2D eigenvalue weighted by atomic mass is 9.96. The van der Waals surface area contributed by atoms with Crippen molar-refractivity contribution in [2.24, 2.45) is 5.92 Å². The Labute approximate surface area is 174 Å². The molecule has 4 rings (SSSR count). The predicted molar refractivity (Wildman–Crippen MR) is 115 cm³/mol. The lowest BCUT2D eigenvalue weighted by molar-refractivity contribution is -0.122. The van der Waals surface area contributed by atoms with Gasteiger partial charge in [0.2, 0.25) is 0 Å². The van der Waals surface area contributed by atoms with Gasteiger partial charge in [0, 0.05) is 19.3 Å². The Morgan fingerprint density at radius 1 is 1.31 bits per heavy atom. The van der Waals surface area contributed by atoms with E-state index < -0.39 is 5.54 Å². The molecule has 3 N–H and O–H groups in total. The monoisotopic (exact) mass is 412 g/mol. The molecule has 1 saturated heterocycles. The molecule has 1 unspecified atom stereocenters. The molecule has 2 aliphatic rings. The number of rotatable bonds is 6. The maximum Gasteiger partial charge on any atom is 0.329 e. The lowest BCUT2D eigenvalue weighted by Gasteiger charge is -2.21. The van der Waals surface area contributed by atoms with E-state index in [-0.39, 0.29) is 17.9 Å². The molecule has 2 aromatic rings. The van der Waals surface area contributed by atoms with Gasteiger partial charge in [0.05, 0.1) is 17.6 Å². The fourth-order valence-electron chi connectivity index (χ4n) is 3.55. The van der Waals surface area contributed by atoms with Crippen LogP contribution in [0, 0.1) is 5.92 Å². The molecule has 0 spiro atoms. The van der Waals surface area contributed by atoms with Crippen LogP contribution >= 0.6 is 12.2 Å². The topological polar surface area (TPSA) is 91.3 Å². The Kier molecular flexibility index (Phi) is 4.99. The van der Waals surface area contributed by atoms with E-state index in [1.165, 1.54) is 4.90 Å². The van der Waals surface area contributed by atoms with Crippen molar-refractivity contribution in [3.8, 4) is 0 Å². The van der Waals surface area contributed by atoms with Gasteiger partial charge in [0.25, 0.3) is 5.91 Å². The molecule has 1 atom stereocenters. The van der Waals surface area contributed by atoms with E-state index >= 15 is 0 Å². The summed E-state index contributed by atoms with van der Waals surface area (Å²) in [7, 11) is 0. The zero-order valence-electron chi connectivity index (χ0n) is 16.4. The van der Waals surface area contributed by atoms with Gasteiger partial charge in [0.1, 0.15) is 5.54 Å². The second-order valence-electron chi connectivity index (χ2n) is 7.61. The average molecular weight is 413 g/mol. The molecule has 2 heterocycles. The van der Waals surface area contributed by atoms with Crippen molar-refractivity contribution in [2.45, 2.75) is 45.3 Å². The molecule has 152 valence electrons. The van der Waals surface area contributed by atoms with Gasteiger partial charge in [-0.2, -0.15) is 5.10 Å². The Morgan fingerprint density at radius 2 is 2.03 bits per heavy atom. The van der Waals surface area contributed by atoms with Crippen LogP contribution in [0.25, 0.3) is 0 Å². The van der Waals surface area contributed by atoms with Crippen molar-refractivity contribution >= 4 is 40.6 Å². The van der Waals surface area contributed by atoms with Gasteiger partial charge in [-0.3, -0.25) is 9.48 Å². The van der Waals surface area contributed by atoms with E-state index in [1.807, 2.05) is 36.9 Å². The number of nitrogens with one attached hydrogen (secondary N) is 3. The van der Waals surface area contributed by atoms with Crippen LogP contribution in [0.4, 0.5) is 16.2 Å². The molecule has 1 saturated carbocycles. The number of urea groups is 1. The fourth-order valence-corrected chi connectivity index (χ4v) is 3.74. The van der Waals surface area contributed by atoms with Crippen molar-refractivity contribution in [3.63, 3.8) is 0 Å². The van der Waals surface area contributed by atoms with Gasteiger partial charge in [-0.05, 0) is 62.5 Å². The predicted octanol–water partition coefficient (Wildman–Crippen LogP) is 2.61. The first-order valence-electron chi connectivity index (χ1n) is 9.73. The highest BCUT2D eigenvalue weighted by Gasteiger charge is 2.56. The molecule has 8 nitrogen and oxygen atoms in total. The fraction of sp³-hybridized carbons (Fsp3) is 0.400. The van der Waals surface area contributed by atoms with Crippen molar-refractivity contribution in [3.05, 3.63) is 42.2 Å². The number of aromatic nitrogens is 2. The summed E-state index contributed by atoms with van der Waals surface area (Å²) in [5.74, 6) is 0.0687. The van der Waals surface area contributed by atoms with Gasteiger partial charge in [0.15, 0.2) is 5.11 Å². The second-order valence-corrected chi connectivity index (χ2v) is 8.01. The molecule has 3 amide bonds. The molecule has 0 radical (unpaired) electrons. The summed E-state index contributed by atoms with van der Waals surface area (Å²) in [5, 5.41) is 13.8. The first-order valence-corrected chi connectivity index (χ1v) is 10.1. The van der Waals surface area contributed by atoms with E-state index in [0.717, 1.165) is 30.6 Å². The summed E-state index contributed by atoms with van der Waals surface area (Å²) in [4.78, 5) is 26.4. The number of nitrogens with zero attached hydrogens (tertiary/aromatic N) is 3. The summed E-state index contributed by atoms with van der Waals surface area (Å²) in [6.07, 6.45) is 5.57. The number of carbonyl (C=O) groups is 2. The van der Waals surface area contributed by atoms with E-state index in [0.29, 0.717) is 17.3 Å². The SMILES string of the molecule is CCn1cc(NC(=S)NCc2ccc(N3C(=O)NC(C)(C4CC4)C3=O)cc2)cn1. The highest BCUT2D eigenvalue weighted by Crippen LogP contribution is 2.43. The maximum absolute atomic E-state index is 12.8. The minimum atomic E-state index is -0.777. The molecule has 29 heavy (non-hydrogen) atoms. The van der Waals surface area contributed by atoms with Crippen LogP contribution in [0.5, 0.6) is 0 Å². The third-order valence-electron chi connectivity index (χ3n) is 5.47. The number of imide groups is 1. The van der Waals surface area contributed by atoms with Crippen LogP contribution in [0.1, 0.15) is 32.3 Å². The highest BCUT2D eigenvalue weighted by molar-refractivity contribution is 7.80. The van der Waals surface area contributed by atoms with Gasteiger partial charge in [-0.15, -0.1) is 0 Å². The van der Waals surface area contributed by atoms with Crippen LogP contribution in [0.15, 0.2) is 36.7 Å². The maximum atomic E-state index is 12.8. The second kappa shape index (κ2) is 7.47. The van der Waals surface area contributed by atoms with Crippen molar-refractivity contribution in [1.82, 2.24) is 20.4 Å². The molecular weight excluding hydrogens is 388 g/mol. The minimum Gasteiger partial charge on any atom is -0.358 e. The smallest absolute Gasteiger partial charge is 0.329 e. The number of benzene rings is 1. The Balaban J connectivity index is 1.35. The lowest BCUT2D eigenvalue weighted by Crippen LogP contribution is -2.46. The van der Waals surface area contributed by atoms with Crippen LogP contribution in [-0.4, -0.2) is 32.4 Å². The largest absolute Gasteiger partial charge is 0.358 e. The Hall–Kier alpha value is -2.94. The van der Waals surface area contributed by atoms with Gasteiger partial charge >= 0.3 is 6.03 Å². The first kappa shape index (κ1) is 19.4. The average Bonchev–Trinajstić information content (AvgIpc) is 3.43. The molecule has 1 aromatic heterocycles. The van der Waals surface area contributed by atoms with Crippen molar-refractivity contribution < 1.29 is 9.59 Å². The third-order valence-corrected chi connectivity index (χ3v) is 5.72. The zero-order valence-corrected chi connectivity index (χ0v) is 17.3. The summed E-state index contributed by atoms with van der Waals surface area (Å²) in [6, 6.07) is 6.98. The number of thiocarbonyl (C=S) groups is 1. The van der Waals surface area contributed by atoms with Gasteiger partial charge in [-0.25, -0.2) is 9.69 Å². The van der Waals surface area contributed by atoms with E-state index in [1.54, 1.807) is 18.3 Å².